The molecule has 210 valence electrons. The van der Waals surface area contributed by atoms with Crippen LogP contribution in [0.25, 0.3) is 11.3 Å². The van der Waals surface area contributed by atoms with Crippen LogP contribution in [-0.4, -0.2) is 45.5 Å². The monoisotopic (exact) mass is 549 g/mol. The Morgan fingerprint density at radius 1 is 1.15 bits per heavy atom. The smallest absolute Gasteiger partial charge is 0.303 e. The van der Waals surface area contributed by atoms with Crippen molar-refractivity contribution in [3.8, 4) is 11.3 Å². The average Bonchev–Trinajstić information content (AvgIpc) is 3.44. The molecule has 2 aromatic carbocycles. The van der Waals surface area contributed by atoms with E-state index in [1.54, 1.807) is 18.2 Å². The van der Waals surface area contributed by atoms with Crippen molar-refractivity contribution < 1.29 is 28.3 Å². The zero-order valence-corrected chi connectivity index (χ0v) is 22.5. The second kappa shape index (κ2) is 11.7. The minimum atomic E-state index is -0.930. The number of carboxylic acids is 1. The van der Waals surface area contributed by atoms with Crippen LogP contribution in [0.2, 0.25) is 0 Å². The third-order valence-corrected chi connectivity index (χ3v) is 7.90. The Morgan fingerprint density at radius 2 is 1.93 bits per heavy atom. The summed E-state index contributed by atoms with van der Waals surface area (Å²) in [5.41, 5.74) is 3.93. The van der Waals surface area contributed by atoms with Gasteiger partial charge in [0, 0.05) is 48.3 Å². The third-order valence-electron chi connectivity index (χ3n) is 7.90. The third kappa shape index (κ3) is 5.71. The first-order valence-electron chi connectivity index (χ1n) is 13.5. The number of halogens is 2. The Labute approximate surface area is 232 Å². The summed E-state index contributed by atoms with van der Waals surface area (Å²) in [7, 11) is 1.96. The van der Waals surface area contributed by atoms with Gasteiger partial charge in [0.25, 0.3) is 0 Å². The zero-order valence-electron chi connectivity index (χ0n) is 22.5. The first-order valence-corrected chi connectivity index (χ1v) is 13.5. The number of anilines is 1. The minimum absolute atomic E-state index is 0.0852. The summed E-state index contributed by atoms with van der Waals surface area (Å²) < 4.78 is 32.8. The molecule has 1 aliphatic heterocycles. The van der Waals surface area contributed by atoms with Gasteiger partial charge in [0.05, 0.1) is 6.17 Å². The summed E-state index contributed by atoms with van der Waals surface area (Å²) in [6.07, 6.45) is 5.89. The van der Waals surface area contributed by atoms with Gasteiger partial charge >= 0.3 is 5.97 Å². The van der Waals surface area contributed by atoms with E-state index < -0.39 is 12.2 Å². The Bertz CT molecular complexity index is 1420. The van der Waals surface area contributed by atoms with Gasteiger partial charge in [0.2, 0.25) is 0 Å². The Morgan fingerprint density at radius 3 is 2.62 bits per heavy atom. The molecule has 0 radical (unpaired) electrons. The predicted octanol–water partition coefficient (Wildman–Crippen LogP) is 6.53. The van der Waals surface area contributed by atoms with Gasteiger partial charge < -0.3 is 19.6 Å². The number of benzene rings is 2. The number of fused-ring (bicyclic) bond motifs is 1. The van der Waals surface area contributed by atoms with E-state index in [1.807, 2.05) is 43.1 Å². The zero-order chi connectivity index (χ0) is 28.4. The summed E-state index contributed by atoms with van der Waals surface area (Å²) in [5, 5.41) is 24.9. The van der Waals surface area contributed by atoms with Crippen LogP contribution in [0.3, 0.4) is 0 Å². The molecule has 3 aromatic rings. The highest BCUT2D eigenvalue weighted by atomic mass is 19.1. The number of aliphatic hydroxyl groups excluding tert-OH is 1. The second-order valence-electron chi connectivity index (χ2n) is 10.5. The first kappa shape index (κ1) is 27.7. The first-order chi connectivity index (χ1) is 19.2. The molecule has 7 nitrogen and oxygen atoms in total. The lowest BCUT2D eigenvalue weighted by Crippen LogP contribution is -2.56. The molecule has 0 saturated heterocycles. The number of hydrogen-bond acceptors (Lipinski definition) is 6. The summed E-state index contributed by atoms with van der Waals surface area (Å²) in [6.45, 7) is 1.97. The standard InChI is InChI=1S/C31H33F2N3O4/c1-19(20-7-10-22(32)11-8-20)28-18-26(34-40-28)21-9-16-25-27(17-21)35(2)29(5-3-4-6-30(37)38)36(31(25)39)24-14-12-23(33)13-15-24/h7-14,16-19,24,29,31,39H,3-6,15H2,1-2H3,(H,37,38). The lowest BCUT2D eigenvalue weighted by molar-refractivity contribution is -0.137. The molecule has 1 aromatic heterocycles. The number of rotatable bonds is 9. The lowest BCUT2D eigenvalue weighted by Gasteiger charge is -2.50. The van der Waals surface area contributed by atoms with Crippen molar-refractivity contribution in [2.24, 2.45) is 0 Å². The average molecular weight is 550 g/mol. The molecule has 1 aliphatic carbocycles. The van der Waals surface area contributed by atoms with Gasteiger partial charge in [-0.05, 0) is 61.6 Å². The normalized spacial score (nSPS) is 21.7. The van der Waals surface area contributed by atoms with E-state index in [0.29, 0.717) is 37.1 Å². The van der Waals surface area contributed by atoms with Crippen molar-refractivity contribution in [2.45, 2.75) is 63.4 Å². The van der Waals surface area contributed by atoms with Crippen LogP contribution in [0.5, 0.6) is 0 Å². The van der Waals surface area contributed by atoms with Crippen molar-refractivity contribution in [1.29, 1.82) is 0 Å². The fraction of sp³-hybridized carbons (Fsp3) is 0.355. The van der Waals surface area contributed by atoms with Gasteiger partial charge in [-0.25, -0.2) is 13.7 Å². The fourth-order valence-electron chi connectivity index (χ4n) is 5.61. The quantitative estimate of drug-likeness (QED) is 0.293. The maximum absolute atomic E-state index is 13.7. The Balaban J connectivity index is 1.42. The van der Waals surface area contributed by atoms with Crippen LogP contribution in [-0.2, 0) is 4.79 Å². The molecular formula is C31H33F2N3O4. The molecule has 0 spiro atoms. The van der Waals surface area contributed by atoms with Gasteiger partial charge in [-0.15, -0.1) is 0 Å². The maximum atomic E-state index is 13.7. The van der Waals surface area contributed by atoms with Crippen LogP contribution in [0.15, 0.2) is 77.1 Å². The van der Waals surface area contributed by atoms with E-state index in [9.17, 15) is 18.7 Å². The van der Waals surface area contributed by atoms with E-state index in [1.165, 1.54) is 24.3 Å². The second-order valence-corrected chi connectivity index (χ2v) is 10.5. The lowest BCUT2D eigenvalue weighted by atomic mass is 9.95. The summed E-state index contributed by atoms with van der Waals surface area (Å²) >= 11 is 0. The number of aliphatic hydroxyl groups is 1. The van der Waals surface area contributed by atoms with E-state index in [2.05, 4.69) is 10.1 Å². The minimum Gasteiger partial charge on any atom is -0.481 e. The molecular weight excluding hydrogens is 516 g/mol. The van der Waals surface area contributed by atoms with Gasteiger partial charge in [0.1, 0.15) is 29.3 Å². The van der Waals surface area contributed by atoms with Crippen molar-refractivity contribution in [1.82, 2.24) is 10.1 Å². The van der Waals surface area contributed by atoms with Crippen molar-refractivity contribution >= 4 is 11.7 Å². The summed E-state index contributed by atoms with van der Waals surface area (Å²) in [5.74, 6) is -0.883. The number of unbranched alkanes of at least 4 members (excludes halogenated alkanes) is 1. The fourth-order valence-corrected chi connectivity index (χ4v) is 5.61. The number of carbonyl (C=O) groups is 1. The Kier molecular flexibility index (Phi) is 8.14. The molecule has 0 fully saturated rings. The number of hydrogen-bond donors (Lipinski definition) is 2. The van der Waals surface area contributed by atoms with Crippen molar-refractivity contribution in [3.05, 3.63) is 95.3 Å². The summed E-state index contributed by atoms with van der Waals surface area (Å²) in [6, 6.07) is 13.7. The molecule has 40 heavy (non-hydrogen) atoms. The molecule has 9 heteroatoms. The van der Waals surface area contributed by atoms with Crippen molar-refractivity contribution in [3.63, 3.8) is 0 Å². The summed E-state index contributed by atoms with van der Waals surface area (Å²) in [4.78, 5) is 15.1. The van der Waals surface area contributed by atoms with E-state index in [4.69, 9.17) is 9.63 Å². The topological polar surface area (TPSA) is 90.0 Å². The SMILES string of the molecule is CC(c1ccc(F)cc1)c1cc(-c2ccc3c(c2)N(C)C(CCCCC(=O)O)N(C2C=CC(F)=CC2)C3O)no1. The number of nitrogens with zero attached hydrogens (tertiary/aromatic N) is 3. The van der Waals surface area contributed by atoms with Gasteiger partial charge in [0.15, 0.2) is 0 Å². The molecule has 0 saturated carbocycles. The molecule has 2 heterocycles. The van der Waals surface area contributed by atoms with Crippen LogP contribution < -0.4 is 4.90 Å². The molecule has 0 amide bonds. The molecule has 4 unspecified atom stereocenters. The highest BCUT2D eigenvalue weighted by Crippen LogP contribution is 2.42. The molecule has 0 bridgehead atoms. The highest BCUT2D eigenvalue weighted by Gasteiger charge is 2.40. The highest BCUT2D eigenvalue weighted by molar-refractivity contribution is 5.70. The maximum Gasteiger partial charge on any atom is 0.303 e. The van der Waals surface area contributed by atoms with E-state index in [0.717, 1.165) is 22.4 Å². The number of aromatic nitrogens is 1. The van der Waals surface area contributed by atoms with E-state index in [-0.39, 0.29) is 36.2 Å². The number of aliphatic carboxylic acids is 1. The van der Waals surface area contributed by atoms with Crippen LogP contribution >= 0.6 is 0 Å². The van der Waals surface area contributed by atoms with Gasteiger partial charge in [-0.3, -0.25) is 4.79 Å². The van der Waals surface area contributed by atoms with Crippen LogP contribution in [0.4, 0.5) is 14.5 Å². The van der Waals surface area contributed by atoms with Gasteiger partial charge in [-0.2, -0.15) is 0 Å². The molecule has 2 N–H and O–H groups in total. The Hall–Kier alpha value is -3.82. The predicted molar refractivity (Wildman–Crippen MR) is 148 cm³/mol. The molecule has 2 aliphatic rings. The molecule has 4 atom stereocenters. The van der Waals surface area contributed by atoms with Crippen molar-refractivity contribution in [2.75, 3.05) is 11.9 Å². The number of allylic oxidation sites excluding steroid dienone is 2. The molecule has 5 rings (SSSR count). The van der Waals surface area contributed by atoms with Crippen LogP contribution in [0, 0.1) is 5.82 Å². The van der Waals surface area contributed by atoms with Gasteiger partial charge in [-0.1, -0.05) is 42.4 Å². The number of carboxylic acid groups (broad SMARTS) is 1. The van der Waals surface area contributed by atoms with Crippen LogP contribution in [0.1, 0.15) is 68.1 Å². The van der Waals surface area contributed by atoms with E-state index >= 15 is 0 Å². The largest absolute Gasteiger partial charge is 0.481 e.